The first-order valence-corrected chi connectivity index (χ1v) is 43.1. The van der Waals surface area contributed by atoms with Gasteiger partial charge in [0.1, 0.15) is 28.2 Å². The van der Waals surface area contributed by atoms with Gasteiger partial charge in [0, 0.05) is 102 Å². The molecule has 113 heavy (non-hydrogen) atoms. The minimum atomic E-state index is -2.28. The van der Waals surface area contributed by atoms with Crippen molar-refractivity contribution in [2.45, 2.75) is 256 Å². The molecule has 4 aromatic heterocycles. The molecule has 0 aliphatic heterocycles. The summed E-state index contributed by atoms with van der Waals surface area (Å²) in [5.74, 6) is 0. The molecule has 20 rings (SSSR count). The highest BCUT2D eigenvalue weighted by Gasteiger charge is 2.43. The number of rotatable bonds is 5. The number of hydrogen-bond acceptors (Lipinski definition) is 0. The quantitative estimate of drug-likeness (QED) is 0.153. The zero-order valence-electron chi connectivity index (χ0n) is 81.3. The van der Waals surface area contributed by atoms with E-state index in [0.29, 0.717) is 12.0 Å². The van der Waals surface area contributed by atoms with Crippen LogP contribution in [0.1, 0.15) is 249 Å². The number of aryl methyl sites for hydroxylation is 14. The summed E-state index contributed by atoms with van der Waals surface area (Å²) < 4.78 is 106. The molecular formula is C109H128N4+4. The van der Waals surface area contributed by atoms with Crippen molar-refractivity contribution in [1.82, 2.24) is 0 Å². The van der Waals surface area contributed by atoms with Gasteiger partial charge in [-0.05, 0) is 356 Å². The largest absolute Gasteiger partial charge is 0.213 e. The first kappa shape index (κ1) is 64.4. The van der Waals surface area contributed by atoms with Crippen LogP contribution in [0.3, 0.4) is 0 Å². The lowest BCUT2D eigenvalue weighted by molar-refractivity contribution is -0.660. The topological polar surface area (TPSA) is 15.5 Å². The van der Waals surface area contributed by atoms with E-state index in [0.717, 1.165) is 165 Å². The Kier molecular flexibility index (Phi) is 17.5. The summed E-state index contributed by atoms with van der Waals surface area (Å²) >= 11 is 0. The molecule has 580 valence electrons. The standard InChI is InChI=1S/C29H34N.C28H34N.2C26H30N/c1-21-9-5-6-10-26(21)28-18-27(22(2)20-30(28)3)24-11-12-25-19-29(14-7-4-8-15-29)16-13-23(25)17-24;1-19-16-20(2)21(3)25(17-19)27-11-9-24-23-12-15-28(13-6-5-7-14-28)18-22(23)8-10-26(24)29(27)4;1-17-13-18(2)19(3)22(14-17)25-10-8-21-23-16-26(11-5-6-12-26)15-20(23)7-9-24(21)27(25)4;1-17-11-18(2)19(3)23(12-17)24-8-7-20-13-21-15-26(9-5-6-10-26)16-22(21)14-25(20)27(24)4/h5-6,9-12,17-18,20H,4,7-8,13-16,19H2,1-3H3;8-11,16-17H,5-7,12-15,18H2,1-4H3;7-10,13-14H,5-6,11-12,15-16H2,1-4H3;7-8,11-14H,5-6,9-10,15-16H2,1-4H3/q4*+1/i2D3,13D2;18D2;15D2;16D2. The van der Waals surface area contributed by atoms with Gasteiger partial charge in [-0.3, -0.25) is 0 Å². The second-order valence-electron chi connectivity index (χ2n) is 36.6. The second-order valence-corrected chi connectivity index (χ2v) is 36.6. The average molecular weight is 1510 g/mol. The van der Waals surface area contributed by atoms with Crippen LogP contribution in [0.25, 0.3) is 88.9 Å². The fourth-order valence-corrected chi connectivity index (χ4v) is 22.1. The average Bonchev–Trinajstić information content (AvgIpc) is 1.09. The molecule has 8 aromatic carbocycles. The highest BCUT2D eigenvalue weighted by Crippen LogP contribution is 2.53. The van der Waals surface area contributed by atoms with E-state index < -0.39 is 32.3 Å². The van der Waals surface area contributed by atoms with Gasteiger partial charge in [-0.15, -0.1) is 0 Å². The van der Waals surface area contributed by atoms with Gasteiger partial charge in [0.15, 0.2) is 6.20 Å². The monoisotopic (exact) mass is 1500 g/mol. The summed E-state index contributed by atoms with van der Waals surface area (Å²) in [6.07, 6.45) is 22.1. The van der Waals surface area contributed by atoms with Crippen molar-refractivity contribution in [3.8, 4) is 56.2 Å². The summed E-state index contributed by atoms with van der Waals surface area (Å²) in [7, 11) is 8.31. The van der Waals surface area contributed by atoms with Crippen molar-refractivity contribution in [3.05, 3.63) is 270 Å². The van der Waals surface area contributed by atoms with Gasteiger partial charge in [0.05, 0.1) is 0 Å². The molecule has 8 aliphatic carbocycles. The van der Waals surface area contributed by atoms with Gasteiger partial charge < -0.3 is 0 Å². The van der Waals surface area contributed by atoms with E-state index in [4.69, 9.17) is 12.3 Å². The van der Waals surface area contributed by atoms with Gasteiger partial charge in [-0.25, -0.2) is 4.57 Å². The van der Waals surface area contributed by atoms with Crippen LogP contribution in [0.15, 0.2) is 164 Å². The third-order valence-corrected chi connectivity index (χ3v) is 28.9. The Hall–Kier alpha value is -8.86. The summed E-state index contributed by atoms with van der Waals surface area (Å²) in [4.78, 5) is 0. The molecule has 0 unspecified atom stereocenters. The predicted molar refractivity (Wildman–Crippen MR) is 474 cm³/mol. The second kappa shape index (κ2) is 30.7. The maximum Gasteiger partial charge on any atom is 0.213 e. The normalized spacial score (nSPS) is 21.2. The van der Waals surface area contributed by atoms with Crippen LogP contribution in [0.2, 0.25) is 0 Å². The van der Waals surface area contributed by atoms with Gasteiger partial charge >= 0.3 is 0 Å². The van der Waals surface area contributed by atoms with Crippen molar-refractivity contribution in [2.75, 3.05) is 0 Å². The Morgan fingerprint density at radius 2 is 0.796 bits per heavy atom. The molecule has 4 saturated carbocycles. The number of hydrogen-bond donors (Lipinski definition) is 0. The Morgan fingerprint density at radius 3 is 1.37 bits per heavy atom. The van der Waals surface area contributed by atoms with Crippen LogP contribution in [-0.4, -0.2) is 0 Å². The first-order valence-electron chi connectivity index (χ1n) is 48.6. The van der Waals surface area contributed by atoms with E-state index in [9.17, 15) is 2.74 Å². The zero-order valence-corrected chi connectivity index (χ0v) is 70.3. The molecule has 4 heterocycles. The minimum absolute atomic E-state index is 0.0681. The molecule has 0 amide bonds. The minimum Gasteiger partial charge on any atom is -0.201 e. The third kappa shape index (κ3) is 14.7. The Balaban J connectivity index is 0.000000117. The molecular weight excluding hydrogens is 1370 g/mol. The molecule has 0 bridgehead atoms. The zero-order chi connectivity index (χ0) is 88.1. The van der Waals surface area contributed by atoms with Crippen LogP contribution < -0.4 is 18.3 Å². The summed E-state index contributed by atoms with van der Waals surface area (Å²) in [6, 6.07) is 55.9. The Labute approximate surface area is 693 Å². The lowest BCUT2D eigenvalue weighted by atomic mass is 9.63. The lowest BCUT2D eigenvalue weighted by Gasteiger charge is -2.41. The predicted octanol–water partition coefficient (Wildman–Crippen LogP) is 25.4. The maximum atomic E-state index is 9.19. The summed E-state index contributed by atoms with van der Waals surface area (Å²) in [5, 5.41) is 3.66. The van der Waals surface area contributed by atoms with Crippen molar-refractivity contribution < 1.29 is 33.3 Å². The molecule has 0 saturated heterocycles. The van der Waals surface area contributed by atoms with Crippen LogP contribution in [0, 0.1) is 97.7 Å². The van der Waals surface area contributed by atoms with Crippen LogP contribution >= 0.6 is 0 Å². The lowest BCUT2D eigenvalue weighted by Crippen LogP contribution is -2.34. The molecule has 4 fully saturated rings. The SMILES string of the molecule is [2H]C([2H])([2H])c1c[n+](C)c(-c2ccccc2C)cc1-c1ccc2c(c1)C([2H])([2H])CC1(CCCCC1)C2.[2H]C1([2H])c2cc3c(ccc(-c4cc(C)cc(C)c4C)[n+]3C)cc2CC12CCCC2.[2H]C1([2H])c2ccc3c(ccc(-c4cc(C)cc(C)c4C)[n+]3C)c2CC12CCCC2.[2H]C1([2H])c2ccc3c(ccc(-c4cc(C)cc(C)c4C)[n+]3C)c2CCC12CCCCC2. The maximum absolute atomic E-state index is 9.19. The van der Waals surface area contributed by atoms with E-state index in [1.54, 1.807) is 6.20 Å². The molecule has 0 N–H and O–H groups in total. The van der Waals surface area contributed by atoms with E-state index >= 15 is 0 Å². The van der Waals surface area contributed by atoms with Gasteiger partial charge in [-0.2, -0.15) is 13.7 Å². The van der Waals surface area contributed by atoms with Crippen LogP contribution in [-0.2, 0) is 79.4 Å². The number of nitrogens with zero attached hydrogens (tertiary/aromatic N) is 4. The Bertz CT molecular complexity index is 6270. The fraction of sp³-hybridized carbons (Fsp3) is 0.431. The van der Waals surface area contributed by atoms with Gasteiger partial charge in [-0.1, -0.05) is 148 Å². The van der Waals surface area contributed by atoms with Crippen molar-refractivity contribution in [3.63, 3.8) is 0 Å². The van der Waals surface area contributed by atoms with Gasteiger partial charge in [0.25, 0.3) is 0 Å². The van der Waals surface area contributed by atoms with Crippen molar-refractivity contribution in [1.29, 1.82) is 0 Å². The molecule has 0 atom stereocenters. The van der Waals surface area contributed by atoms with Gasteiger partial charge in [0.2, 0.25) is 39.3 Å². The number of pyridine rings is 4. The molecule has 4 spiro atoms. The summed E-state index contributed by atoms with van der Waals surface area (Å²) in [6.45, 7) is 19.4. The van der Waals surface area contributed by atoms with Crippen LogP contribution in [0.5, 0.6) is 0 Å². The first-order chi connectivity index (χ1) is 58.7. The third-order valence-electron chi connectivity index (χ3n) is 28.9. The van der Waals surface area contributed by atoms with E-state index in [2.05, 4.69) is 231 Å². The fourth-order valence-electron chi connectivity index (χ4n) is 22.1. The molecule has 4 heteroatoms. The molecule has 8 aliphatic rings. The highest BCUT2D eigenvalue weighted by molar-refractivity contribution is 5.86. The molecule has 12 aromatic rings. The van der Waals surface area contributed by atoms with E-state index in [-0.39, 0.29) is 27.2 Å². The number of aromatic nitrogens is 4. The number of benzene rings is 8. The molecule has 0 radical (unpaired) electrons. The van der Waals surface area contributed by atoms with E-state index in [1.807, 2.05) is 41.9 Å². The summed E-state index contributed by atoms with van der Waals surface area (Å²) in [5.41, 5.74) is 35.5. The van der Waals surface area contributed by atoms with Crippen molar-refractivity contribution in [2.24, 2.45) is 49.9 Å². The molecule has 4 nitrogen and oxygen atoms in total. The smallest absolute Gasteiger partial charge is 0.201 e. The number of fused-ring (bicyclic) bond motifs is 9. The highest BCUT2D eigenvalue weighted by atomic mass is 15.0. The van der Waals surface area contributed by atoms with Crippen LogP contribution in [0.4, 0.5) is 0 Å². The van der Waals surface area contributed by atoms with Crippen molar-refractivity contribution >= 4 is 32.7 Å². The van der Waals surface area contributed by atoms with E-state index in [1.165, 1.54) is 166 Å². The Morgan fingerprint density at radius 1 is 0.319 bits per heavy atom.